The van der Waals surface area contributed by atoms with Gasteiger partial charge in [0.05, 0.1) is 17.5 Å². The summed E-state index contributed by atoms with van der Waals surface area (Å²) < 4.78 is 17.3. The van der Waals surface area contributed by atoms with Gasteiger partial charge < -0.3 is 30.0 Å². The molecule has 13 heteroatoms. The summed E-state index contributed by atoms with van der Waals surface area (Å²) in [7, 11) is 0. The minimum atomic E-state index is -1.28. The first kappa shape index (κ1) is 33.6. The molecule has 0 aliphatic heterocycles. The third-order valence-electron chi connectivity index (χ3n) is 5.79. The van der Waals surface area contributed by atoms with E-state index in [4.69, 9.17) is 19.3 Å². The van der Waals surface area contributed by atoms with Crippen LogP contribution in [0.5, 0.6) is 0 Å². The highest BCUT2D eigenvalue weighted by atomic mass is 16.6. The summed E-state index contributed by atoms with van der Waals surface area (Å²) in [5, 5.41) is 14.2. The summed E-state index contributed by atoms with van der Waals surface area (Å²) in [4.78, 5) is 67.3. The number of carbonyl (C=O) groups excluding carboxylic acids is 4. The number of rotatable bonds is 10. The van der Waals surface area contributed by atoms with E-state index in [-0.39, 0.29) is 42.9 Å². The maximum absolute atomic E-state index is 13.2. The quantitative estimate of drug-likeness (QED) is 0.223. The van der Waals surface area contributed by atoms with Crippen LogP contribution in [0.25, 0.3) is 11.0 Å². The fourth-order valence-electron chi connectivity index (χ4n) is 3.93. The van der Waals surface area contributed by atoms with Crippen LogP contribution >= 0.6 is 0 Å². The average molecular weight is 611 g/mol. The van der Waals surface area contributed by atoms with Gasteiger partial charge >= 0.3 is 24.1 Å². The maximum Gasteiger partial charge on any atom is 0.420 e. The standard InChI is InChI=1S/C31H38N4O9/c1-30(2,3)43-27(39)22(34-28(40)42-18-19-10-8-7-9-11-19)17-32-26(38)20-12-13-21-23(16-20)35(29(41)44-31(4,5)6)24(33-21)14-15-25(36)37/h7-13,16,22H,14-15,17-18H2,1-6H3,(H,32,38)(H,34,40)(H,36,37). The van der Waals surface area contributed by atoms with Crippen molar-refractivity contribution in [2.45, 2.75) is 78.2 Å². The van der Waals surface area contributed by atoms with Crippen LogP contribution in [-0.4, -0.2) is 68.5 Å². The van der Waals surface area contributed by atoms with Crippen molar-refractivity contribution >= 4 is 41.1 Å². The Labute approximate surface area is 254 Å². The number of carboxylic acid groups (broad SMARTS) is 1. The lowest BCUT2D eigenvalue weighted by Crippen LogP contribution is -2.50. The summed E-state index contributed by atoms with van der Waals surface area (Å²) in [6.07, 6.45) is -1.97. The van der Waals surface area contributed by atoms with Crippen LogP contribution in [0.4, 0.5) is 9.59 Å². The third kappa shape index (κ3) is 10.1. The van der Waals surface area contributed by atoms with Crippen molar-refractivity contribution in [3.05, 3.63) is 65.5 Å². The van der Waals surface area contributed by atoms with E-state index in [2.05, 4.69) is 15.6 Å². The molecular weight excluding hydrogens is 572 g/mol. The predicted molar refractivity (Wildman–Crippen MR) is 159 cm³/mol. The van der Waals surface area contributed by atoms with Gasteiger partial charge in [-0.1, -0.05) is 30.3 Å². The lowest BCUT2D eigenvalue weighted by Gasteiger charge is -2.24. The van der Waals surface area contributed by atoms with E-state index < -0.39 is 47.3 Å². The van der Waals surface area contributed by atoms with Crippen molar-refractivity contribution < 1.29 is 43.3 Å². The molecule has 0 spiro atoms. The lowest BCUT2D eigenvalue weighted by atomic mass is 10.1. The van der Waals surface area contributed by atoms with Gasteiger partial charge in [0.1, 0.15) is 29.7 Å². The van der Waals surface area contributed by atoms with Gasteiger partial charge in [-0.05, 0) is 65.3 Å². The molecule has 3 aromatic rings. The minimum absolute atomic E-state index is 0.0279. The van der Waals surface area contributed by atoms with Crippen molar-refractivity contribution in [1.82, 2.24) is 20.2 Å². The van der Waals surface area contributed by atoms with Gasteiger partial charge in [-0.2, -0.15) is 0 Å². The molecule has 1 unspecified atom stereocenters. The van der Waals surface area contributed by atoms with Crippen LogP contribution in [0, 0.1) is 0 Å². The number of aromatic nitrogens is 2. The molecule has 0 aliphatic rings. The first-order valence-electron chi connectivity index (χ1n) is 14.0. The zero-order valence-electron chi connectivity index (χ0n) is 25.6. The summed E-state index contributed by atoms with van der Waals surface area (Å²) in [6, 6.07) is 12.1. The van der Waals surface area contributed by atoms with Crippen LogP contribution in [0.15, 0.2) is 48.5 Å². The molecule has 1 atom stereocenters. The number of esters is 1. The van der Waals surface area contributed by atoms with E-state index in [1.165, 1.54) is 18.2 Å². The average Bonchev–Trinajstić information content (AvgIpc) is 3.29. The molecule has 2 aromatic carbocycles. The highest BCUT2D eigenvalue weighted by Crippen LogP contribution is 2.22. The van der Waals surface area contributed by atoms with E-state index in [1.807, 2.05) is 6.07 Å². The van der Waals surface area contributed by atoms with Crippen LogP contribution in [0.2, 0.25) is 0 Å². The Morgan fingerprint density at radius 2 is 1.59 bits per heavy atom. The maximum atomic E-state index is 13.2. The van der Waals surface area contributed by atoms with Gasteiger partial charge in [-0.15, -0.1) is 0 Å². The summed E-state index contributed by atoms with van der Waals surface area (Å²) in [5.41, 5.74) is -0.267. The Morgan fingerprint density at radius 3 is 2.20 bits per heavy atom. The summed E-state index contributed by atoms with van der Waals surface area (Å²) >= 11 is 0. The van der Waals surface area contributed by atoms with Gasteiger partial charge in [0.2, 0.25) is 0 Å². The van der Waals surface area contributed by atoms with Crippen LogP contribution < -0.4 is 10.6 Å². The van der Waals surface area contributed by atoms with E-state index in [1.54, 1.807) is 65.8 Å². The van der Waals surface area contributed by atoms with E-state index in [9.17, 15) is 24.0 Å². The molecule has 1 aromatic heterocycles. The molecule has 0 radical (unpaired) electrons. The van der Waals surface area contributed by atoms with Crippen molar-refractivity contribution in [2.24, 2.45) is 0 Å². The van der Waals surface area contributed by atoms with Crippen LogP contribution in [0.3, 0.4) is 0 Å². The topological polar surface area (TPSA) is 175 Å². The Morgan fingerprint density at radius 1 is 0.932 bits per heavy atom. The molecule has 2 amide bonds. The zero-order chi connectivity index (χ0) is 32.7. The Balaban J connectivity index is 1.81. The number of hydrogen-bond acceptors (Lipinski definition) is 9. The fraction of sp³-hybridized carbons (Fsp3) is 0.419. The smallest absolute Gasteiger partial charge is 0.420 e. The number of carbonyl (C=O) groups is 5. The molecule has 3 rings (SSSR count). The zero-order valence-corrected chi connectivity index (χ0v) is 25.6. The molecule has 236 valence electrons. The highest BCUT2D eigenvalue weighted by molar-refractivity contribution is 5.99. The van der Waals surface area contributed by atoms with Gasteiger partial charge in [0.15, 0.2) is 0 Å². The summed E-state index contributed by atoms with van der Waals surface area (Å²) in [5.74, 6) is -2.30. The molecule has 0 fully saturated rings. The number of aryl methyl sites for hydroxylation is 1. The third-order valence-corrected chi connectivity index (χ3v) is 5.79. The number of benzene rings is 2. The summed E-state index contributed by atoms with van der Waals surface area (Å²) in [6.45, 7) is 9.71. The number of imidazole rings is 1. The molecule has 3 N–H and O–H groups in total. The number of alkyl carbamates (subject to hydrolysis) is 1. The molecule has 13 nitrogen and oxygen atoms in total. The first-order chi connectivity index (χ1) is 20.5. The monoisotopic (exact) mass is 610 g/mol. The second kappa shape index (κ2) is 14.0. The molecular formula is C31H38N4O9. The number of aliphatic carboxylic acids is 1. The number of amides is 2. The van der Waals surface area contributed by atoms with E-state index >= 15 is 0 Å². The Bertz CT molecular complexity index is 1520. The van der Waals surface area contributed by atoms with Crippen molar-refractivity contribution in [2.75, 3.05) is 6.54 Å². The van der Waals surface area contributed by atoms with Crippen molar-refractivity contribution in [1.29, 1.82) is 0 Å². The van der Waals surface area contributed by atoms with Crippen LogP contribution in [-0.2, 0) is 36.8 Å². The Kier molecular flexibility index (Phi) is 10.7. The van der Waals surface area contributed by atoms with E-state index in [0.717, 1.165) is 10.1 Å². The second-order valence-corrected chi connectivity index (χ2v) is 11.9. The number of fused-ring (bicyclic) bond motifs is 1. The lowest BCUT2D eigenvalue weighted by molar-refractivity contribution is -0.157. The molecule has 44 heavy (non-hydrogen) atoms. The largest absolute Gasteiger partial charge is 0.481 e. The van der Waals surface area contributed by atoms with E-state index in [0.29, 0.717) is 5.52 Å². The number of nitrogens with zero attached hydrogens (tertiary/aromatic N) is 2. The van der Waals surface area contributed by atoms with Gasteiger partial charge in [0.25, 0.3) is 5.91 Å². The number of nitrogens with one attached hydrogen (secondary N) is 2. The number of ether oxygens (including phenoxy) is 3. The predicted octanol–water partition coefficient (Wildman–Crippen LogP) is 4.20. The first-order valence-corrected chi connectivity index (χ1v) is 14.0. The Hall–Kier alpha value is -4.94. The van der Waals surface area contributed by atoms with Crippen LogP contribution in [0.1, 0.15) is 69.7 Å². The normalized spacial score (nSPS) is 12.2. The SMILES string of the molecule is CC(C)(C)OC(=O)C(CNC(=O)c1ccc2nc(CCC(=O)O)n(C(=O)OC(C)(C)C)c2c1)NC(=O)OCc1ccccc1. The van der Waals surface area contributed by atoms with Crippen molar-refractivity contribution in [3.63, 3.8) is 0 Å². The van der Waals surface area contributed by atoms with Gasteiger partial charge in [-0.3, -0.25) is 9.59 Å². The molecule has 0 saturated heterocycles. The second-order valence-electron chi connectivity index (χ2n) is 11.9. The number of carboxylic acids is 1. The molecule has 0 saturated carbocycles. The highest BCUT2D eigenvalue weighted by Gasteiger charge is 2.29. The van der Waals surface area contributed by atoms with Gasteiger partial charge in [-0.25, -0.2) is 23.9 Å². The van der Waals surface area contributed by atoms with Crippen molar-refractivity contribution in [3.8, 4) is 0 Å². The fourth-order valence-corrected chi connectivity index (χ4v) is 3.93. The minimum Gasteiger partial charge on any atom is -0.481 e. The number of hydrogen-bond donors (Lipinski definition) is 3. The molecule has 1 heterocycles. The molecule has 0 bridgehead atoms. The molecule has 0 aliphatic carbocycles. The van der Waals surface area contributed by atoms with Gasteiger partial charge in [0, 0.05) is 18.5 Å².